The van der Waals surface area contributed by atoms with Gasteiger partial charge in [0.05, 0.1) is 60.9 Å². The van der Waals surface area contributed by atoms with E-state index < -0.39 is 18.0 Å². The van der Waals surface area contributed by atoms with Crippen LogP contribution < -0.4 is 33.8 Å². The highest BCUT2D eigenvalue weighted by atomic mass is 127. The lowest BCUT2D eigenvalue weighted by molar-refractivity contribution is -0.139. The largest absolute Gasteiger partial charge is 0.493 e. The summed E-state index contributed by atoms with van der Waals surface area (Å²) in [6.45, 7) is 9.67. The van der Waals surface area contributed by atoms with Gasteiger partial charge in [0, 0.05) is 9.13 Å². The van der Waals surface area contributed by atoms with Gasteiger partial charge in [0.15, 0.2) is 27.8 Å². The van der Waals surface area contributed by atoms with Crippen LogP contribution in [0.15, 0.2) is 75.7 Å². The summed E-state index contributed by atoms with van der Waals surface area (Å²) in [5, 5.41) is 0. The predicted molar refractivity (Wildman–Crippen MR) is 202 cm³/mol. The molecule has 2 heterocycles. The van der Waals surface area contributed by atoms with E-state index in [4.69, 9.17) is 33.4 Å². The maximum absolute atomic E-state index is 14.4. The van der Waals surface area contributed by atoms with E-state index in [9.17, 15) is 14.4 Å². The Kier molecular flexibility index (Phi) is 12.2. The summed E-state index contributed by atoms with van der Waals surface area (Å²) in [6, 6.07) is 15.2. The van der Waals surface area contributed by atoms with Crippen molar-refractivity contribution in [2.45, 2.75) is 53.4 Å². The topological polar surface area (TPSA) is 124 Å². The van der Waals surface area contributed by atoms with Crippen molar-refractivity contribution in [1.29, 1.82) is 0 Å². The number of ether oxygens (including phenoxy) is 6. The minimum absolute atomic E-state index is 0.0925. The number of hydrogen-bond donors (Lipinski definition) is 0. The van der Waals surface area contributed by atoms with Crippen LogP contribution in [-0.2, 0) is 20.9 Å². The fraction of sp³-hybridized carbons (Fsp3) is 0.316. The van der Waals surface area contributed by atoms with Gasteiger partial charge in [0.25, 0.3) is 5.56 Å². The number of halogens is 1. The third-order valence-electron chi connectivity index (χ3n) is 7.79. The van der Waals surface area contributed by atoms with Gasteiger partial charge in [-0.25, -0.2) is 14.6 Å². The van der Waals surface area contributed by atoms with Crippen molar-refractivity contribution < 1.29 is 38.0 Å². The maximum atomic E-state index is 14.4. The highest BCUT2D eigenvalue weighted by Gasteiger charge is 2.34. The van der Waals surface area contributed by atoms with Crippen LogP contribution in [0.25, 0.3) is 6.08 Å². The second kappa shape index (κ2) is 16.6. The zero-order valence-corrected chi connectivity index (χ0v) is 32.4. The molecule has 0 amide bonds. The van der Waals surface area contributed by atoms with Gasteiger partial charge >= 0.3 is 11.9 Å². The molecule has 0 aliphatic carbocycles. The second-order valence-electron chi connectivity index (χ2n) is 11.6. The molecule has 13 heteroatoms. The summed E-state index contributed by atoms with van der Waals surface area (Å²) in [6.07, 6.45) is 1.65. The number of aromatic nitrogens is 1. The minimum Gasteiger partial charge on any atom is -0.493 e. The summed E-state index contributed by atoms with van der Waals surface area (Å²) in [7, 11) is 3.09. The zero-order chi connectivity index (χ0) is 36.8. The molecule has 268 valence electrons. The molecule has 51 heavy (non-hydrogen) atoms. The fourth-order valence-electron chi connectivity index (χ4n) is 5.56. The van der Waals surface area contributed by atoms with Crippen LogP contribution in [0.3, 0.4) is 0 Å². The van der Waals surface area contributed by atoms with Crippen LogP contribution in [-0.4, -0.2) is 50.0 Å². The van der Waals surface area contributed by atoms with Gasteiger partial charge in [-0.15, -0.1) is 0 Å². The quantitative estimate of drug-likeness (QED) is 0.119. The molecule has 0 saturated heterocycles. The van der Waals surface area contributed by atoms with Gasteiger partial charge in [-0.2, -0.15) is 0 Å². The molecule has 1 atom stereocenters. The first-order valence-corrected chi connectivity index (χ1v) is 18.2. The molecule has 4 aromatic rings. The van der Waals surface area contributed by atoms with Crippen LogP contribution in [0.5, 0.6) is 23.0 Å². The van der Waals surface area contributed by atoms with Gasteiger partial charge in [-0.05, 0) is 111 Å². The first-order chi connectivity index (χ1) is 24.5. The van der Waals surface area contributed by atoms with Crippen molar-refractivity contribution in [3.05, 3.63) is 111 Å². The number of hydrogen-bond acceptors (Lipinski definition) is 11. The number of fused-ring (bicyclic) bond motifs is 1. The van der Waals surface area contributed by atoms with Crippen molar-refractivity contribution in [3.63, 3.8) is 0 Å². The molecule has 0 fully saturated rings. The molecule has 0 saturated carbocycles. The van der Waals surface area contributed by atoms with Crippen LogP contribution in [0.4, 0.5) is 0 Å². The van der Waals surface area contributed by atoms with E-state index in [0.717, 1.165) is 9.13 Å². The Balaban J connectivity index is 1.61. The number of nitrogens with zero attached hydrogens (tertiary/aromatic N) is 2. The molecule has 0 radical (unpaired) electrons. The molecule has 5 rings (SSSR count). The molecule has 0 N–H and O–H groups in total. The van der Waals surface area contributed by atoms with E-state index in [1.807, 2.05) is 32.0 Å². The third kappa shape index (κ3) is 8.30. The Morgan fingerprint density at radius 3 is 2.27 bits per heavy atom. The summed E-state index contributed by atoms with van der Waals surface area (Å²) in [5.41, 5.74) is 2.85. The Morgan fingerprint density at radius 1 is 0.941 bits per heavy atom. The number of esters is 2. The second-order valence-corrected chi connectivity index (χ2v) is 13.9. The van der Waals surface area contributed by atoms with Gasteiger partial charge in [-0.3, -0.25) is 9.36 Å². The minimum atomic E-state index is -0.844. The molecular weight excluding hydrogens is 787 g/mol. The molecule has 3 aromatic carbocycles. The van der Waals surface area contributed by atoms with Crippen molar-refractivity contribution in [1.82, 2.24) is 4.57 Å². The smallest absolute Gasteiger partial charge is 0.338 e. The van der Waals surface area contributed by atoms with E-state index >= 15 is 0 Å². The Bertz CT molecular complexity index is 2150. The highest BCUT2D eigenvalue weighted by molar-refractivity contribution is 14.1. The third-order valence-corrected chi connectivity index (χ3v) is 9.39. The Labute approximate surface area is 313 Å². The molecular formula is C38H39IN2O9S. The standard InChI is InChI=1S/C38H39IN2O9S/c1-8-47-36(43)24-12-10-23(11-13-24)20-49-34-26(16-27(39)19-30(34)46-7)18-31-35(42)41-33(25-14-15-28(50-21(3)4)29(17-25)45-6)32(37(44)48-9-2)22(5)40-38(41)51-31/h10-19,21,33H,8-9,20H2,1-7H3/b31-18+/t33-/m1/s1. The lowest BCUT2D eigenvalue weighted by atomic mass is 9.95. The predicted octanol–water partition coefficient (Wildman–Crippen LogP) is 5.96. The maximum Gasteiger partial charge on any atom is 0.338 e. The summed E-state index contributed by atoms with van der Waals surface area (Å²) < 4.78 is 36.9. The van der Waals surface area contributed by atoms with Crippen molar-refractivity contribution >= 4 is 51.9 Å². The summed E-state index contributed by atoms with van der Waals surface area (Å²) in [5.74, 6) is 0.965. The molecule has 0 unspecified atom stereocenters. The SMILES string of the molecule is CCOC(=O)C1=C(C)N=c2s/c(=C/c3cc(I)cc(OC)c3OCc3ccc(C(=O)OCC)cc3)c(=O)n2[C@@H]1c1ccc(OC(C)C)c(OC)c1. The van der Waals surface area contributed by atoms with Gasteiger partial charge in [-0.1, -0.05) is 29.5 Å². The first-order valence-electron chi connectivity index (χ1n) is 16.3. The Hall–Kier alpha value is -4.63. The van der Waals surface area contributed by atoms with Gasteiger partial charge in [0.1, 0.15) is 6.61 Å². The average molecular weight is 827 g/mol. The normalized spacial score (nSPS) is 14.1. The summed E-state index contributed by atoms with van der Waals surface area (Å²) in [4.78, 5) is 45.1. The molecule has 1 aromatic heterocycles. The number of carbonyl (C=O) groups excluding carboxylic acids is 2. The van der Waals surface area contributed by atoms with Crippen LogP contribution in [0.1, 0.15) is 67.7 Å². The lowest BCUT2D eigenvalue weighted by Gasteiger charge is -2.25. The lowest BCUT2D eigenvalue weighted by Crippen LogP contribution is -2.40. The highest BCUT2D eigenvalue weighted by Crippen LogP contribution is 2.37. The zero-order valence-electron chi connectivity index (χ0n) is 29.4. The number of thiazole rings is 1. The monoisotopic (exact) mass is 826 g/mol. The number of benzene rings is 3. The first kappa shape index (κ1) is 37.6. The van der Waals surface area contributed by atoms with E-state index in [2.05, 4.69) is 22.6 Å². The fourth-order valence-corrected chi connectivity index (χ4v) is 7.22. The van der Waals surface area contributed by atoms with Crippen LogP contribution in [0.2, 0.25) is 0 Å². The average Bonchev–Trinajstić information content (AvgIpc) is 3.40. The molecule has 1 aliphatic rings. The van der Waals surface area contributed by atoms with Crippen molar-refractivity contribution in [3.8, 4) is 23.0 Å². The molecule has 0 bridgehead atoms. The van der Waals surface area contributed by atoms with Crippen molar-refractivity contribution in [2.75, 3.05) is 27.4 Å². The molecule has 1 aliphatic heterocycles. The number of rotatable bonds is 13. The molecule has 11 nitrogen and oxygen atoms in total. The van der Waals surface area contributed by atoms with Gasteiger partial charge in [0.2, 0.25) is 0 Å². The van der Waals surface area contributed by atoms with E-state index in [-0.39, 0.29) is 30.5 Å². The van der Waals surface area contributed by atoms with E-state index in [1.165, 1.54) is 15.9 Å². The number of allylic oxidation sites excluding steroid dienone is 1. The van der Waals surface area contributed by atoms with Crippen LogP contribution >= 0.6 is 33.9 Å². The Morgan fingerprint density at radius 2 is 1.63 bits per heavy atom. The molecule has 0 spiro atoms. The van der Waals surface area contributed by atoms with Gasteiger partial charge < -0.3 is 28.4 Å². The number of carbonyl (C=O) groups is 2. The van der Waals surface area contributed by atoms with E-state index in [0.29, 0.717) is 61.3 Å². The number of methoxy groups -OCH3 is 2. The van der Waals surface area contributed by atoms with Crippen LogP contribution in [0, 0.1) is 3.57 Å². The van der Waals surface area contributed by atoms with Crippen molar-refractivity contribution in [2.24, 2.45) is 4.99 Å². The van der Waals surface area contributed by atoms with E-state index in [1.54, 1.807) is 77.5 Å². The summed E-state index contributed by atoms with van der Waals surface area (Å²) >= 11 is 3.39.